The van der Waals surface area contributed by atoms with Crippen LogP contribution in [0.15, 0.2) is 182 Å². The van der Waals surface area contributed by atoms with Crippen LogP contribution in [-0.2, 0) is 5.41 Å². The average Bonchev–Trinajstić information content (AvgIpc) is 3.82. The molecule has 0 unspecified atom stereocenters. The molecule has 0 atom stereocenters. The third-order valence-corrected chi connectivity index (χ3v) is 12.5. The summed E-state index contributed by atoms with van der Waals surface area (Å²) in [7, 11) is 0. The van der Waals surface area contributed by atoms with Crippen LogP contribution in [0.3, 0.4) is 0 Å². The van der Waals surface area contributed by atoms with Crippen LogP contribution < -0.4 is 0 Å². The molecule has 0 saturated carbocycles. The molecule has 9 aromatic carbocycles. The summed E-state index contributed by atoms with van der Waals surface area (Å²) in [6, 6.07) is 67.6. The van der Waals surface area contributed by atoms with Gasteiger partial charge in [-0.3, -0.25) is 0 Å². The molecule has 0 bridgehead atoms. The molecule has 0 saturated heterocycles. The number of fused-ring (bicyclic) bond motifs is 12. The van der Waals surface area contributed by atoms with Gasteiger partial charge >= 0.3 is 0 Å². The molecule has 258 valence electrons. The summed E-state index contributed by atoms with van der Waals surface area (Å²) in [5.74, 6) is 0. The highest BCUT2D eigenvalue weighted by Crippen LogP contribution is 2.53. The van der Waals surface area contributed by atoms with Crippen LogP contribution in [0.2, 0.25) is 0 Å². The monoisotopic (exact) mass is 700 g/mol. The van der Waals surface area contributed by atoms with Gasteiger partial charge in [-0.25, -0.2) is 0 Å². The summed E-state index contributed by atoms with van der Waals surface area (Å²) in [5, 5.41) is 10.1. The van der Waals surface area contributed by atoms with Crippen molar-refractivity contribution in [1.82, 2.24) is 9.13 Å². The van der Waals surface area contributed by atoms with E-state index >= 15 is 0 Å². The number of aromatic nitrogens is 2. The van der Waals surface area contributed by atoms with Crippen LogP contribution in [0.25, 0.3) is 98.8 Å². The first kappa shape index (κ1) is 30.6. The summed E-state index contributed by atoms with van der Waals surface area (Å²) < 4.78 is 5.00. The maximum atomic E-state index is 2.56. The van der Waals surface area contributed by atoms with E-state index in [9.17, 15) is 0 Å². The Kier molecular flexibility index (Phi) is 6.15. The summed E-state index contributed by atoms with van der Waals surface area (Å²) in [6.45, 7) is 4.80. The first-order chi connectivity index (χ1) is 27.1. The number of hydrogen-bond donors (Lipinski definition) is 0. The zero-order valence-electron chi connectivity index (χ0n) is 30.7. The van der Waals surface area contributed by atoms with E-state index in [0.29, 0.717) is 0 Å². The molecule has 0 radical (unpaired) electrons. The predicted molar refractivity (Wildman–Crippen MR) is 233 cm³/mol. The van der Waals surface area contributed by atoms with Gasteiger partial charge in [0.1, 0.15) is 0 Å². The lowest BCUT2D eigenvalue weighted by Gasteiger charge is -2.24. The van der Waals surface area contributed by atoms with Crippen LogP contribution in [0.5, 0.6) is 0 Å². The second-order valence-corrected chi connectivity index (χ2v) is 15.7. The van der Waals surface area contributed by atoms with Gasteiger partial charge < -0.3 is 9.13 Å². The van der Waals surface area contributed by atoms with Crippen molar-refractivity contribution >= 4 is 65.2 Å². The van der Waals surface area contributed by atoms with Crippen LogP contribution in [0.1, 0.15) is 25.0 Å². The fourth-order valence-corrected chi connectivity index (χ4v) is 10.0. The summed E-state index contributed by atoms with van der Waals surface area (Å²) in [6.07, 6.45) is 0. The van der Waals surface area contributed by atoms with Crippen molar-refractivity contribution in [3.05, 3.63) is 193 Å². The Labute approximate surface area is 319 Å². The van der Waals surface area contributed by atoms with E-state index in [4.69, 9.17) is 0 Å². The molecule has 0 amide bonds. The topological polar surface area (TPSA) is 9.86 Å². The minimum atomic E-state index is -0.158. The van der Waals surface area contributed by atoms with Crippen molar-refractivity contribution < 1.29 is 0 Å². The van der Waals surface area contributed by atoms with Crippen LogP contribution in [-0.4, -0.2) is 9.13 Å². The van der Waals surface area contributed by atoms with Crippen molar-refractivity contribution in [3.8, 4) is 33.6 Å². The van der Waals surface area contributed by atoms with Gasteiger partial charge in [-0.2, -0.15) is 0 Å². The number of rotatable bonds is 3. The fourth-order valence-electron chi connectivity index (χ4n) is 10.0. The van der Waals surface area contributed by atoms with Gasteiger partial charge in [0, 0.05) is 37.7 Å². The van der Waals surface area contributed by atoms with E-state index in [1.54, 1.807) is 0 Å². The largest absolute Gasteiger partial charge is 0.309 e. The Morgan fingerprint density at radius 2 is 0.891 bits per heavy atom. The maximum absolute atomic E-state index is 2.56. The smallest absolute Gasteiger partial charge is 0.0588 e. The molecule has 11 aromatic rings. The van der Waals surface area contributed by atoms with Gasteiger partial charge in [0.15, 0.2) is 0 Å². The number of hydrogen-bond acceptors (Lipinski definition) is 0. The lowest BCUT2D eigenvalue weighted by molar-refractivity contribution is 0.664. The highest BCUT2D eigenvalue weighted by Gasteiger charge is 2.38. The Morgan fingerprint density at radius 3 is 1.60 bits per heavy atom. The third kappa shape index (κ3) is 4.14. The van der Waals surface area contributed by atoms with E-state index in [1.807, 2.05) is 0 Å². The fraction of sp³-hybridized carbons (Fsp3) is 0.0566. The Bertz CT molecular complexity index is 3400. The summed E-state index contributed by atoms with van der Waals surface area (Å²) in [4.78, 5) is 0. The first-order valence-corrected chi connectivity index (χ1v) is 19.3. The first-order valence-electron chi connectivity index (χ1n) is 19.3. The van der Waals surface area contributed by atoms with Crippen molar-refractivity contribution in [2.24, 2.45) is 0 Å². The lowest BCUT2D eigenvalue weighted by Crippen LogP contribution is -2.16. The van der Waals surface area contributed by atoms with Gasteiger partial charge in [-0.1, -0.05) is 153 Å². The molecule has 0 N–H and O–H groups in total. The maximum Gasteiger partial charge on any atom is 0.0588 e. The molecule has 1 aliphatic rings. The second kappa shape index (κ2) is 11.1. The second-order valence-electron chi connectivity index (χ2n) is 15.7. The molecule has 0 spiro atoms. The van der Waals surface area contributed by atoms with Crippen molar-refractivity contribution in [2.75, 3.05) is 0 Å². The summed E-state index contributed by atoms with van der Waals surface area (Å²) >= 11 is 0. The van der Waals surface area contributed by atoms with Crippen molar-refractivity contribution in [3.63, 3.8) is 0 Å². The minimum absolute atomic E-state index is 0.158. The molecule has 0 fully saturated rings. The van der Waals surface area contributed by atoms with Crippen molar-refractivity contribution in [2.45, 2.75) is 19.3 Å². The SMILES string of the molecule is CC1(C)c2ccccc2-c2ccc3c4cc(-c5ccc6c(c5)c5ccccc5n6-c5cccc6ccccc56)ccc4n(-c4cccc5ccccc45)c3c21. The molecular weight excluding hydrogens is 665 g/mol. The van der Waals surface area contributed by atoms with E-state index in [0.717, 1.165) is 0 Å². The molecule has 2 nitrogen and oxygen atoms in total. The minimum Gasteiger partial charge on any atom is -0.309 e. The molecule has 0 aliphatic heterocycles. The molecule has 12 rings (SSSR count). The molecule has 2 heterocycles. The highest BCUT2D eigenvalue weighted by molar-refractivity contribution is 6.16. The third-order valence-electron chi connectivity index (χ3n) is 12.5. The molecule has 2 aromatic heterocycles. The molecule has 2 heteroatoms. The zero-order valence-corrected chi connectivity index (χ0v) is 30.7. The van der Waals surface area contributed by atoms with Gasteiger partial charge in [0.2, 0.25) is 0 Å². The van der Waals surface area contributed by atoms with E-state index in [1.165, 1.54) is 110 Å². The number of nitrogens with zero attached hydrogens (tertiary/aromatic N) is 2. The van der Waals surface area contributed by atoms with Crippen molar-refractivity contribution in [1.29, 1.82) is 0 Å². The predicted octanol–water partition coefficient (Wildman–Crippen LogP) is 14.2. The van der Waals surface area contributed by atoms with E-state index in [2.05, 4.69) is 205 Å². The van der Waals surface area contributed by atoms with Crippen LogP contribution in [0.4, 0.5) is 0 Å². The van der Waals surface area contributed by atoms with Crippen LogP contribution >= 0.6 is 0 Å². The van der Waals surface area contributed by atoms with E-state index in [-0.39, 0.29) is 5.41 Å². The average molecular weight is 701 g/mol. The normalized spacial score (nSPS) is 13.4. The highest BCUT2D eigenvalue weighted by atomic mass is 15.0. The Morgan fingerprint density at radius 1 is 0.364 bits per heavy atom. The van der Waals surface area contributed by atoms with Gasteiger partial charge in [0.05, 0.1) is 33.4 Å². The molecule has 55 heavy (non-hydrogen) atoms. The molecular formula is C53H36N2. The number of para-hydroxylation sites is 1. The Hall–Kier alpha value is -6.90. The quantitative estimate of drug-likeness (QED) is 0.174. The van der Waals surface area contributed by atoms with Crippen LogP contribution in [0, 0.1) is 0 Å². The summed E-state index contributed by atoms with van der Waals surface area (Å²) in [5.41, 5.74) is 15.1. The van der Waals surface area contributed by atoms with Gasteiger partial charge in [-0.05, 0) is 86.6 Å². The lowest BCUT2D eigenvalue weighted by atomic mass is 9.81. The van der Waals surface area contributed by atoms with Gasteiger partial charge in [0.25, 0.3) is 0 Å². The Balaban J connectivity index is 1.13. The molecule has 1 aliphatic carbocycles. The number of benzene rings is 9. The van der Waals surface area contributed by atoms with Gasteiger partial charge in [-0.15, -0.1) is 0 Å². The standard InChI is InChI=1S/C53H36N2/c1-53(2)45-21-9-7-19-39(45)41-27-28-42-44-32-36(26-30-50(44)55(52(42)51(41)53)47-24-12-16-34-14-4-6-18-38(34)47)35-25-29-49-43(31-35)40-20-8-10-22-48(40)54(49)46-23-11-15-33-13-3-5-17-37(33)46/h3-32H,1-2H3. The zero-order chi connectivity index (χ0) is 36.4. The van der Waals surface area contributed by atoms with E-state index < -0.39 is 0 Å².